The molecule has 1 fully saturated rings. The van der Waals surface area contributed by atoms with Crippen molar-refractivity contribution in [3.8, 4) is 0 Å². The van der Waals surface area contributed by atoms with Crippen molar-refractivity contribution in [2.75, 3.05) is 0 Å². The van der Waals surface area contributed by atoms with E-state index in [1.54, 1.807) is 11.1 Å². The van der Waals surface area contributed by atoms with E-state index in [9.17, 15) is 0 Å². The lowest BCUT2D eigenvalue weighted by atomic mass is 9.65. The zero-order chi connectivity index (χ0) is 14.3. The molecule has 0 N–H and O–H groups in total. The van der Waals surface area contributed by atoms with E-state index in [0.29, 0.717) is 5.41 Å². The molecule has 0 aromatic heterocycles. The van der Waals surface area contributed by atoms with Gasteiger partial charge in [0.05, 0.1) is 0 Å². The van der Waals surface area contributed by atoms with E-state index in [1.165, 1.54) is 70.6 Å². The maximum atomic E-state index is 2.45. The number of hydrogen-bond donors (Lipinski definition) is 0. The molecule has 2 rings (SSSR count). The summed E-state index contributed by atoms with van der Waals surface area (Å²) in [6.45, 7) is 4.63. The first-order chi connectivity index (χ1) is 9.82. The molecule has 0 radical (unpaired) electrons. The molecule has 1 aromatic rings. The molecular weight excluding hydrogens is 240 g/mol. The molecule has 0 amide bonds. The minimum absolute atomic E-state index is 0.512. The number of hydrogen-bond acceptors (Lipinski definition) is 0. The zero-order valence-electron chi connectivity index (χ0n) is 13.6. The third-order valence-corrected chi connectivity index (χ3v) is 5.21. The summed E-state index contributed by atoms with van der Waals surface area (Å²) in [5, 5.41) is 0. The van der Waals surface area contributed by atoms with Crippen LogP contribution in [-0.2, 0) is 11.8 Å². The summed E-state index contributed by atoms with van der Waals surface area (Å²) in [5.41, 5.74) is 3.87. The van der Waals surface area contributed by atoms with Crippen LogP contribution < -0.4 is 0 Å². The molecule has 1 saturated carbocycles. The highest BCUT2D eigenvalue weighted by molar-refractivity contribution is 5.35. The molecule has 1 aliphatic rings. The van der Waals surface area contributed by atoms with Crippen molar-refractivity contribution >= 4 is 0 Å². The van der Waals surface area contributed by atoms with Crippen LogP contribution in [0.3, 0.4) is 0 Å². The third kappa shape index (κ3) is 3.65. The fourth-order valence-corrected chi connectivity index (χ4v) is 4.02. The molecule has 0 aliphatic heterocycles. The maximum absolute atomic E-state index is 2.45. The van der Waals surface area contributed by atoms with Crippen molar-refractivity contribution in [3.63, 3.8) is 0 Å². The van der Waals surface area contributed by atoms with Gasteiger partial charge in [-0.3, -0.25) is 0 Å². The minimum atomic E-state index is 0.512. The van der Waals surface area contributed by atoms with Gasteiger partial charge in [-0.2, -0.15) is 0 Å². The first-order valence-electron chi connectivity index (χ1n) is 8.91. The van der Waals surface area contributed by atoms with Crippen molar-refractivity contribution in [2.45, 2.75) is 89.9 Å². The van der Waals surface area contributed by atoms with Gasteiger partial charge in [-0.25, -0.2) is 0 Å². The first kappa shape index (κ1) is 15.6. The molecule has 1 aromatic carbocycles. The summed E-state index contributed by atoms with van der Waals surface area (Å²) in [6.07, 6.45) is 15.2. The van der Waals surface area contributed by atoms with E-state index in [4.69, 9.17) is 0 Å². The van der Waals surface area contributed by atoms with Gasteiger partial charge in [0.1, 0.15) is 0 Å². The van der Waals surface area contributed by atoms with Crippen LogP contribution in [0.1, 0.15) is 89.2 Å². The lowest BCUT2D eigenvalue weighted by molar-refractivity contribution is 0.266. The van der Waals surface area contributed by atoms with Gasteiger partial charge in [0, 0.05) is 0 Å². The van der Waals surface area contributed by atoms with Gasteiger partial charge in [-0.1, -0.05) is 76.6 Å². The highest BCUT2D eigenvalue weighted by atomic mass is 14.4. The van der Waals surface area contributed by atoms with Crippen molar-refractivity contribution in [1.29, 1.82) is 0 Å². The van der Waals surface area contributed by atoms with Crippen LogP contribution in [0.2, 0.25) is 0 Å². The number of benzene rings is 1. The zero-order valence-corrected chi connectivity index (χ0v) is 13.6. The Hall–Kier alpha value is -0.780. The Morgan fingerprint density at radius 1 is 0.900 bits per heavy atom. The predicted molar refractivity (Wildman–Crippen MR) is 89.3 cm³/mol. The van der Waals surface area contributed by atoms with E-state index in [-0.39, 0.29) is 0 Å². The highest BCUT2D eigenvalue weighted by Crippen LogP contribution is 2.44. The average molecular weight is 272 g/mol. The minimum Gasteiger partial charge on any atom is -0.0654 e. The largest absolute Gasteiger partial charge is 0.0654 e. The van der Waals surface area contributed by atoms with Gasteiger partial charge in [0.15, 0.2) is 0 Å². The summed E-state index contributed by atoms with van der Waals surface area (Å²) in [4.78, 5) is 0. The van der Waals surface area contributed by atoms with Crippen LogP contribution in [0.5, 0.6) is 0 Å². The molecule has 0 atom stereocenters. The van der Waals surface area contributed by atoms with Crippen LogP contribution in [0.4, 0.5) is 0 Å². The molecule has 0 saturated heterocycles. The van der Waals surface area contributed by atoms with Gasteiger partial charge in [-0.15, -0.1) is 0 Å². The van der Waals surface area contributed by atoms with Gasteiger partial charge in [-0.05, 0) is 48.6 Å². The molecular formula is C20H32. The Morgan fingerprint density at radius 3 is 2.30 bits per heavy atom. The van der Waals surface area contributed by atoms with Crippen LogP contribution >= 0.6 is 0 Å². The van der Waals surface area contributed by atoms with Crippen molar-refractivity contribution < 1.29 is 0 Å². The van der Waals surface area contributed by atoms with Crippen LogP contribution in [-0.4, -0.2) is 0 Å². The molecule has 0 nitrogen and oxygen atoms in total. The summed E-state index contributed by atoms with van der Waals surface area (Å²) >= 11 is 0. The van der Waals surface area contributed by atoms with Gasteiger partial charge in [0.25, 0.3) is 0 Å². The molecule has 0 spiro atoms. The van der Waals surface area contributed by atoms with Crippen LogP contribution in [0.15, 0.2) is 24.3 Å². The van der Waals surface area contributed by atoms with E-state index >= 15 is 0 Å². The lowest BCUT2D eigenvalue weighted by Crippen LogP contribution is -2.30. The first-order valence-corrected chi connectivity index (χ1v) is 8.91. The fourth-order valence-electron chi connectivity index (χ4n) is 4.02. The normalized spacial score (nSPS) is 18.1. The highest BCUT2D eigenvalue weighted by Gasteiger charge is 2.34. The Balaban J connectivity index is 2.27. The van der Waals surface area contributed by atoms with Crippen molar-refractivity contribution in [2.24, 2.45) is 0 Å². The fraction of sp³-hybridized carbons (Fsp3) is 0.700. The summed E-state index contributed by atoms with van der Waals surface area (Å²) < 4.78 is 0. The summed E-state index contributed by atoms with van der Waals surface area (Å²) in [7, 11) is 0. The SMILES string of the molecule is CCCCc1ccccc1C1(CCCC)CCCCC1. The van der Waals surface area contributed by atoms with Crippen molar-refractivity contribution in [1.82, 2.24) is 0 Å². The van der Waals surface area contributed by atoms with E-state index in [1.807, 2.05) is 0 Å². The van der Waals surface area contributed by atoms with Crippen LogP contribution in [0.25, 0.3) is 0 Å². The molecule has 0 heteroatoms. The Bertz CT molecular complexity index is 385. The molecule has 0 heterocycles. The number of aryl methyl sites for hydroxylation is 1. The average Bonchev–Trinajstić information content (AvgIpc) is 2.52. The Labute approximate surface area is 126 Å². The summed E-state index contributed by atoms with van der Waals surface area (Å²) in [6, 6.07) is 9.36. The van der Waals surface area contributed by atoms with Crippen LogP contribution in [0, 0.1) is 0 Å². The second kappa shape index (κ2) is 7.86. The smallest absolute Gasteiger partial charge is 0.00442 e. The van der Waals surface area contributed by atoms with E-state index < -0.39 is 0 Å². The molecule has 1 aliphatic carbocycles. The van der Waals surface area contributed by atoms with Gasteiger partial charge < -0.3 is 0 Å². The Morgan fingerprint density at radius 2 is 1.60 bits per heavy atom. The number of rotatable bonds is 7. The second-order valence-corrected chi connectivity index (χ2v) is 6.71. The Kier molecular flexibility index (Phi) is 6.13. The van der Waals surface area contributed by atoms with E-state index in [0.717, 1.165) is 0 Å². The topological polar surface area (TPSA) is 0 Å². The second-order valence-electron chi connectivity index (χ2n) is 6.71. The summed E-state index contributed by atoms with van der Waals surface area (Å²) in [5.74, 6) is 0. The molecule has 112 valence electrons. The van der Waals surface area contributed by atoms with E-state index in [2.05, 4.69) is 38.1 Å². The molecule has 0 unspecified atom stereocenters. The number of unbranched alkanes of at least 4 members (excludes halogenated alkanes) is 2. The van der Waals surface area contributed by atoms with Gasteiger partial charge >= 0.3 is 0 Å². The molecule has 20 heavy (non-hydrogen) atoms. The maximum Gasteiger partial charge on any atom is -0.00442 e. The monoisotopic (exact) mass is 272 g/mol. The van der Waals surface area contributed by atoms with Crippen molar-refractivity contribution in [3.05, 3.63) is 35.4 Å². The lowest BCUT2D eigenvalue weighted by Gasteiger charge is -2.39. The quantitative estimate of drug-likeness (QED) is 0.537. The predicted octanol–water partition coefficient (Wildman–Crippen LogP) is 6.42. The standard InChI is InChI=1S/C20H32/c1-3-5-12-18-13-8-9-14-19(18)20(15-6-4-2)16-10-7-11-17-20/h8-9,13-14H,3-7,10-12,15-17H2,1-2H3. The third-order valence-electron chi connectivity index (χ3n) is 5.21. The molecule has 0 bridgehead atoms. The van der Waals surface area contributed by atoms with Gasteiger partial charge in [0.2, 0.25) is 0 Å².